The second kappa shape index (κ2) is 7.61. The van der Waals surface area contributed by atoms with Gasteiger partial charge in [-0.05, 0) is 41.7 Å². The SMILES string of the molecule is O=C(O)NCC1CCN(c2nccc(-c3ccc4ccccc4c3)n2)CC1. The van der Waals surface area contributed by atoms with Gasteiger partial charge in [0, 0.05) is 31.4 Å². The summed E-state index contributed by atoms with van der Waals surface area (Å²) in [6, 6.07) is 16.6. The number of benzene rings is 2. The van der Waals surface area contributed by atoms with Crippen LogP contribution >= 0.6 is 0 Å². The molecule has 0 spiro atoms. The average molecular weight is 362 g/mol. The predicted molar refractivity (Wildman–Crippen MR) is 106 cm³/mol. The van der Waals surface area contributed by atoms with Gasteiger partial charge in [0.1, 0.15) is 0 Å². The summed E-state index contributed by atoms with van der Waals surface area (Å²) >= 11 is 0. The number of piperidine rings is 1. The van der Waals surface area contributed by atoms with Gasteiger partial charge in [-0.1, -0.05) is 36.4 Å². The molecule has 1 fully saturated rings. The fourth-order valence-corrected chi connectivity index (χ4v) is 3.58. The van der Waals surface area contributed by atoms with Crippen LogP contribution in [0.5, 0.6) is 0 Å². The third-order valence-electron chi connectivity index (χ3n) is 5.13. The minimum atomic E-state index is -0.955. The summed E-state index contributed by atoms with van der Waals surface area (Å²) in [5, 5.41) is 13.6. The number of aromatic nitrogens is 2. The van der Waals surface area contributed by atoms with Crippen molar-refractivity contribution >= 4 is 22.8 Å². The Bertz CT molecular complexity index is 952. The second-order valence-electron chi connectivity index (χ2n) is 6.92. The summed E-state index contributed by atoms with van der Waals surface area (Å²) in [7, 11) is 0. The van der Waals surface area contributed by atoms with E-state index < -0.39 is 6.09 Å². The maximum Gasteiger partial charge on any atom is 0.404 e. The minimum Gasteiger partial charge on any atom is -0.465 e. The van der Waals surface area contributed by atoms with Crippen molar-refractivity contribution in [2.45, 2.75) is 12.8 Å². The molecule has 1 saturated heterocycles. The molecule has 4 rings (SSSR count). The van der Waals surface area contributed by atoms with Crippen LogP contribution in [0.4, 0.5) is 10.7 Å². The number of rotatable bonds is 4. The van der Waals surface area contributed by atoms with Crippen LogP contribution in [0.2, 0.25) is 0 Å². The molecule has 2 N–H and O–H groups in total. The maximum absolute atomic E-state index is 10.6. The van der Waals surface area contributed by atoms with Crippen molar-refractivity contribution in [2.24, 2.45) is 5.92 Å². The first kappa shape index (κ1) is 17.3. The number of nitrogens with zero attached hydrogens (tertiary/aromatic N) is 3. The van der Waals surface area contributed by atoms with Crippen LogP contribution in [0.25, 0.3) is 22.0 Å². The molecule has 1 amide bonds. The highest BCUT2D eigenvalue weighted by molar-refractivity contribution is 5.86. The van der Waals surface area contributed by atoms with Gasteiger partial charge in [0.05, 0.1) is 5.69 Å². The van der Waals surface area contributed by atoms with Gasteiger partial charge in [0.2, 0.25) is 5.95 Å². The lowest BCUT2D eigenvalue weighted by molar-refractivity contribution is 0.191. The highest BCUT2D eigenvalue weighted by Gasteiger charge is 2.21. The quantitative estimate of drug-likeness (QED) is 0.738. The Labute approximate surface area is 157 Å². The van der Waals surface area contributed by atoms with E-state index in [2.05, 4.69) is 45.5 Å². The van der Waals surface area contributed by atoms with Gasteiger partial charge in [-0.15, -0.1) is 0 Å². The van der Waals surface area contributed by atoms with Crippen LogP contribution < -0.4 is 10.2 Å². The first-order chi connectivity index (χ1) is 13.2. The molecule has 1 aliphatic rings. The number of hydrogen-bond acceptors (Lipinski definition) is 4. The molecule has 0 bridgehead atoms. The van der Waals surface area contributed by atoms with Gasteiger partial charge in [-0.25, -0.2) is 14.8 Å². The third-order valence-corrected chi connectivity index (χ3v) is 5.13. The van der Waals surface area contributed by atoms with E-state index in [0.717, 1.165) is 43.1 Å². The fraction of sp³-hybridized carbons (Fsp3) is 0.286. The van der Waals surface area contributed by atoms with E-state index in [1.54, 1.807) is 0 Å². The molecule has 0 aliphatic carbocycles. The van der Waals surface area contributed by atoms with Crippen molar-refractivity contribution in [3.63, 3.8) is 0 Å². The molecule has 6 nitrogen and oxygen atoms in total. The Kier molecular flexibility index (Phi) is 4.87. The molecule has 0 unspecified atom stereocenters. The topological polar surface area (TPSA) is 78.4 Å². The van der Waals surface area contributed by atoms with Crippen LogP contribution in [0.1, 0.15) is 12.8 Å². The molecule has 1 aliphatic heterocycles. The number of carboxylic acid groups (broad SMARTS) is 1. The van der Waals surface area contributed by atoms with Crippen LogP contribution in [-0.4, -0.2) is 40.8 Å². The molecular weight excluding hydrogens is 340 g/mol. The Balaban J connectivity index is 1.48. The van der Waals surface area contributed by atoms with E-state index >= 15 is 0 Å². The Morgan fingerprint density at radius 1 is 1.11 bits per heavy atom. The van der Waals surface area contributed by atoms with Gasteiger partial charge in [-0.3, -0.25) is 0 Å². The van der Waals surface area contributed by atoms with Crippen molar-refractivity contribution in [1.29, 1.82) is 0 Å². The molecule has 6 heteroatoms. The van der Waals surface area contributed by atoms with Crippen LogP contribution in [0.15, 0.2) is 54.7 Å². The van der Waals surface area contributed by atoms with Crippen molar-refractivity contribution < 1.29 is 9.90 Å². The predicted octanol–water partition coefficient (Wildman–Crippen LogP) is 3.78. The highest BCUT2D eigenvalue weighted by Crippen LogP contribution is 2.25. The highest BCUT2D eigenvalue weighted by atomic mass is 16.4. The van der Waals surface area contributed by atoms with Gasteiger partial charge < -0.3 is 15.3 Å². The molecule has 138 valence electrons. The lowest BCUT2D eigenvalue weighted by atomic mass is 9.97. The van der Waals surface area contributed by atoms with E-state index in [9.17, 15) is 4.79 Å². The van der Waals surface area contributed by atoms with Gasteiger partial charge in [-0.2, -0.15) is 0 Å². The number of nitrogens with one attached hydrogen (secondary N) is 1. The molecule has 0 saturated carbocycles. The lowest BCUT2D eigenvalue weighted by Crippen LogP contribution is -2.39. The molecule has 0 atom stereocenters. The summed E-state index contributed by atoms with van der Waals surface area (Å²) in [6.07, 6.45) is 2.72. The van der Waals surface area contributed by atoms with Gasteiger partial charge in [0.15, 0.2) is 0 Å². The Morgan fingerprint density at radius 3 is 2.67 bits per heavy atom. The summed E-state index contributed by atoms with van der Waals surface area (Å²) in [5.41, 5.74) is 2.00. The first-order valence-corrected chi connectivity index (χ1v) is 9.23. The van der Waals surface area contributed by atoms with Crippen molar-refractivity contribution in [1.82, 2.24) is 15.3 Å². The van der Waals surface area contributed by atoms with Gasteiger partial charge in [0.25, 0.3) is 0 Å². The number of hydrogen-bond donors (Lipinski definition) is 2. The number of fused-ring (bicyclic) bond motifs is 1. The number of anilines is 1. The van der Waals surface area contributed by atoms with Crippen LogP contribution in [0.3, 0.4) is 0 Å². The van der Waals surface area contributed by atoms with E-state index in [4.69, 9.17) is 10.1 Å². The fourth-order valence-electron chi connectivity index (χ4n) is 3.58. The number of amides is 1. The zero-order valence-corrected chi connectivity index (χ0v) is 15.0. The normalized spacial score (nSPS) is 15.0. The Hall–Kier alpha value is -3.15. The standard InChI is InChI=1S/C21H22N4O2/c26-21(27)23-14-15-8-11-25(12-9-15)20-22-10-7-19(24-20)18-6-5-16-3-1-2-4-17(16)13-18/h1-7,10,13,15,23H,8-9,11-12,14H2,(H,26,27). The van der Waals surface area contributed by atoms with Crippen LogP contribution in [-0.2, 0) is 0 Å². The van der Waals surface area contributed by atoms with E-state index in [0.29, 0.717) is 12.5 Å². The molecular formula is C21H22N4O2. The zero-order valence-electron chi connectivity index (χ0n) is 15.0. The summed E-state index contributed by atoms with van der Waals surface area (Å²) in [6.45, 7) is 2.20. The van der Waals surface area contributed by atoms with Crippen molar-refractivity contribution in [3.05, 3.63) is 54.7 Å². The van der Waals surface area contributed by atoms with Crippen LogP contribution in [0, 0.1) is 5.92 Å². The minimum absolute atomic E-state index is 0.376. The van der Waals surface area contributed by atoms with Gasteiger partial charge >= 0.3 is 6.09 Å². The smallest absolute Gasteiger partial charge is 0.404 e. The Morgan fingerprint density at radius 2 is 1.89 bits per heavy atom. The first-order valence-electron chi connectivity index (χ1n) is 9.23. The molecule has 3 aromatic rings. The summed E-state index contributed by atoms with van der Waals surface area (Å²) < 4.78 is 0. The van der Waals surface area contributed by atoms with E-state index in [-0.39, 0.29) is 0 Å². The third kappa shape index (κ3) is 4.00. The van der Waals surface area contributed by atoms with E-state index in [1.807, 2.05) is 24.4 Å². The van der Waals surface area contributed by atoms with Crippen molar-refractivity contribution in [3.8, 4) is 11.3 Å². The largest absolute Gasteiger partial charge is 0.465 e. The molecule has 0 radical (unpaired) electrons. The monoisotopic (exact) mass is 362 g/mol. The average Bonchev–Trinajstić information content (AvgIpc) is 2.72. The van der Waals surface area contributed by atoms with Crippen molar-refractivity contribution in [2.75, 3.05) is 24.5 Å². The second-order valence-corrected chi connectivity index (χ2v) is 6.92. The van der Waals surface area contributed by atoms with E-state index in [1.165, 1.54) is 10.8 Å². The molecule has 2 aromatic carbocycles. The maximum atomic E-state index is 10.6. The molecule has 27 heavy (non-hydrogen) atoms. The summed E-state index contributed by atoms with van der Waals surface area (Å²) in [4.78, 5) is 22.1. The lowest BCUT2D eigenvalue weighted by Gasteiger charge is -2.32. The molecule has 2 heterocycles. The number of carbonyl (C=O) groups is 1. The zero-order chi connectivity index (χ0) is 18.6. The summed E-state index contributed by atoms with van der Waals surface area (Å²) in [5.74, 6) is 1.12. The molecule has 1 aromatic heterocycles.